The Balaban J connectivity index is 1.70. The Kier molecular flexibility index (Phi) is 6.56. The quantitative estimate of drug-likeness (QED) is 0.279. The van der Waals surface area contributed by atoms with E-state index in [1.165, 1.54) is 0 Å². The van der Waals surface area contributed by atoms with Crippen molar-refractivity contribution in [2.24, 2.45) is 0 Å². The highest BCUT2D eigenvalue weighted by atomic mass is 16.5. The van der Waals surface area contributed by atoms with Gasteiger partial charge >= 0.3 is 0 Å². The number of hydrogen-bond acceptors (Lipinski definition) is 8. The summed E-state index contributed by atoms with van der Waals surface area (Å²) in [4.78, 5) is 14.0. The summed E-state index contributed by atoms with van der Waals surface area (Å²) < 4.78 is 7.31. The fraction of sp³-hybridized carbons (Fsp3) is 0.320. The number of aromatic nitrogens is 4. The van der Waals surface area contributed by atoms with E-state index in [4.69, 9.17) is 15.5 Å². The van der Waals surface area contributed by atoms with Gasteiger partial charge in [0, 0.05) is 12.2 Å². The van der Waals surface area contributed by atoms with Crippen LogP contribution in [0.15, 0.2) is 54.9 Å². The van der Waals surface area contributed by atoms with Gasteiger partial charge in [0.25, 0.3) is 0 Å². The normalized spacial score (nSPS) is 12.5. The van der Waals surface area contributed by atoms with Crippen molar-refractivity contribution in [2.75, 3.05) is 23.5 Å². The van der Waals surface area contributed by atoms with Crippen molar-refractivity contribution in [1.29, 1.82) is 0 Å². The van der Waals surface area contributed by atoms with Crippen LogP contribution < -0.4 is 21.1 Å². The van der Waals surface area contributed by atoms with Crippen LogP contribution >= 0.6 is 0 Å². The van der Waals surface area contributed by atoms with Crippen molar-refractivity contribution in [1.82, 2.24) is 19.5 Å². The number of benzene rings is 2. The van der Waals surface area contributed by atoms with Gasteiger partial charge in [0.2, 0.25) is 5.95 Å². The third-order valence-electron chi connectivity index (χ3n) is 5.86. The Hall–Kier alpha value is -3.85. The van der Waals surface area contributed by atoms with Crippen LogP contribution in [0.4, 0.5) is 17.5 Å². The first kappa shape index (κ1) is 23.3. The molecule has 0 bridgehead atoms. The zero-order valence-corrected chi connectivity index (χ0v) is 19.9. The molecule has 4 aromatic rings. The number of methoxy groups -OCH3 is 1. The molecule has 0 aliphatic carbocycles. The number of nitrogens with zero attached hydrogens (tertiary/aromatic N) is 4. The van der Waals surface area contributed by atoms with E-state index >= 15 is 0 Å². The first-order chi connectivity index (χ1) is 16.2. The van der Waals surface area contributed by atoms with Crippen molar-refractivity contribution in [3.63, 3.8) is 0 Å². The minimum Gasteiger partial charge on any atom is -0.497 e. The van der Waals surface area contributed by atoms with Crippen molar-refractivity contribution < 1.29 is 9.84 Å². The van der Waals surface area contributed by atoms with Gasteiger partial charge in [-0.2, -0.15) is 9.97 Å². The fourth-order valence-electron chi connectivity index (χ4n) is 3.44. The fourth-order valence-corrected chi connectivity index (χ4v) is 3.44. The summed E-state index contributed by atoms with van der Waals surface area (Å²) in [6, 6.07) is 15.4. The lowest BCUT2D eigenvalue weighted by Gasteiger charge is -2.26. The minimum absolute atomic E-state index is 0.280. The zero-order chi connectivity index (χ0) is 24.3. The third kappa shape index (κ3) is 5.20. The molecule has 0 aliphatic rings. The first-order valence-corrected chi connectivity index (χ1v) is 11.2. The molecule has 0 spiro atoms. The molecule has 0 radical (unpaired) electrons. The predicted molar refractivity (Wildman–Crippen MR) is 135 cm³/mol. The molecule has 34 heavy (non-hydrogen) atoms. The Bertz CT molecular complexity index is 1270. The van der Waals surface area contributed by atoms with Gasteiger partial charge in [-0.25, -0.2) is 4.98 Å². The molecule has 0 aliphatic heterocycles. The Morgan fingerprint density at radius 2 is 1.91 bits per heavy atom. The van der Waals surface area contributed by atoms with Crippen LogP contribution in [-0.4, -0.2) is 43.4 Å². The third-order valence-corrected chi connectivity index (χ3v) is 5.86. The van der Waals surface area contributed by atoms with Gasteiger partial charge in [-0.05, 0) is 50.1 Å². The highest BCUT2D eigenvalue weighted by Gasteiger charge is 2.24. The Labute approximate surface area is 199 Å². The average molecular weight is 462 g/mol. The van der Waals surface area contributed by atoms with Crippen LogP contribution in [0, 0.1) is 0 Å². The summed E-state index contributed by atoms with van der Waals surface area (Å²) in [7, 11) is 1.62. The maximum absolute atomic E-state index is 10.4. The van der Waals surface area contributed by atoms with E-state index in [0.717, 1.165) is 16.9 Å². The van der Waals surface area contributed by atoms with Gasteiger partial charge in [0.05, 0.1) is 31.6 Å². The lowest BCUT2D eigenvalue weighted by molar-refractivity contribution is 0.0646. The van der Waals surface area contributed by atoms with E-state index in [2.05, 4.69) is 32.7 Å². The first-order valence-electron chi connectivity index (χ1n) is 11.2. The summed E-state index contributed by atoms with van der Waals surface area (Å²) in [5.74, 6) is 1.70. The van der Waals surface area contributed by atoms with E-state index in [0.29, 0.717) is 41.7 Å². The van der Waals surface area contributed by atoms with Crippen LogP contribution in [0.3, 0.4) is 0 Å². The molecule has 2 aromatic carbocycles. The molecule has 0 saturated heterocycles. The van der Waals surface area contributed by atoms with E-state index in [1.54, 1.807) is 27.3 Å². The summed E-state index contributed by atoms with van der Waals surface area (Å²) in [5, 5.41) is 17.0. The predicted octanol–water partition coefficient (Wildman–Crippen LogP) is 3.65. The van der Waals surface area contributed by atoms with Crippen LogP contribution in [-0.2, 0) is 13.1 Å². The largest absolute Gasteiger partial charge is 0.497 e. The summed E-state index contributed by atoms with van der Waals surface area (Å²) >= 11 is 0. The number of hydrogen-bond donors (Lipinski definition) is 4. The molecule has 2 heterocycles. The molecule has 5 N–H and O–H groups in total. The molecule has 0 amide bonds. The number of rotatable bonds is 9. The van der Waals surface area contributed by atoms with Crippen LogP contribution in [0.25, 0.3) is 11.2 Å². The molecular weight excluding hydrogens is 430 g/mol. The lowest BCUT2D eigenvalue weighted by atomic mass is 10.0. The number of nitrogens with one attached hydrogen (secondary N) is 2. The number of anilines is 3. The minimum atomic E-state index is -0.953. The molecule has 2 aromatic heterocycles. The zero-order valence-electron chi connectivity index (χ0n) is 19.9. The maximum atomic E-state index is 10.4. The van der Waals surface area contributed by atoms with E-state index in [1.807, 2.05) is 47.9 Å². The van der Waals surface area contributed by atoms with Gasteiger partial charge in [0.15, 0.2) is 17.0 Å². The standard InChI is InChI=1S/C25H31N7O2/c1-16(25(2,3)33)29-24-30-22(27-13-18-12-19(34-4)10-11-20(18)26)21-23(31-24)32(15-28-21)14-17-8-6-5-7-9-17/h5-12,15-16,33H,13-14,26H2,1-4H3,(H2,27,29,30,31). The van der Waals surface area contributed by atoms with Gasteiger partial charge in [-0.3, -0.25) is 0 Å². The summed E-state index contributed by atoms with van der Waals surface area (Å²) in [6.07, 6.45) is 1.76. The monoisotopic (exact) mass is 461 g/mol. The van der Waals surface area contributed by atoms with Gasteiger partial charge in [-0.15, -0.1) is 0 Å². The molecule has 0 saturated carbocycles. The topological polar surface area (TPSA) is 123 Å². The second-order valence-corrected chi connectivity index (χ2v) is 8.86. The van der Waals surface area contributed by atoms with Gasteiger partial charge in [0.1, 0.15) is 5.75 Å². The molecule has 9 nitrogen and oxygen atoms in total. The molecule has 178 valence electrons. The van der Waals surface area contributed by atoms with Gasteiger partial charge < -0.3 is 30.8 Å². The molecule has 4 rings (SSSR count). The number of aliphatic hydroxyl groups is 1. The van der Waals surface area contributed by atoms with Crippen molar-refractivity contribution in [3.05, 3.63) is 66.0 Å². The lowest BCUT2D eigenvalue weighted by Crippen LogP contribution is -2.39. The average Bonchev–Trinajstić information content (AvgIpc) is 3.21. The van der Waals surface area contributed by atoms with Crippen molar-refractivity contribution in [3.8, 4) is 5.75 Å². The molecular formula is C25H31N7O2. The number of nitrogen functional groups attached to an aromatic ring is 1. The van der Waals surface area contributed by atoms with E-state index in [-0.39, 0.29) is 6.04 Å². The molecule has 0 fully saturated rings. The highest BCUT2D eigenvalue weighted by molar-refractivity contribution is 5.84. The number of ether oxygens (including phenoxy) is 1. The summed E-state index contributed by atoms with van der Waals surface area (Å²) in [5.41, 5.74) is 9.23. The molecule has 1 unspecified atom stereocenters. The van der Waals surface area contributed by atoms with Gasteiger partial charge in [-0.1, -0.05) is 30.3 Å². The van der Waals surface area contributed by atoms with Crippen molar-refractivity contribution in [2.45, 2.75) is 45.5 Å². The van der Waals surface area contributed by atoms with Crippen LogP contribution in [0.1, 0.15) is 31.9 Å². The summed E-state index contributed by atoms with van der Waals surface area (Å²) in [6.45, 7) is 6.43. The molecule has 1 atom stereocenters. The number of nitrogens with two attached hydrogens (primary N) is 1. The number of fused-ring (bicyclic) bond motifs is 1. The SMILES string of the molecule is COc1ccc(N)c(CNc2nc(NC(C)C(C)(C)O)nc3c2ncn3Cc2ccccc2)c1. The Morgan fingerprint density at radius 1 is 1.15 bits per heavy atom. The maximum Gasteiger partial charge on any atom is 0.227 e. The van der Waals surface area contributed by atoms with E-state index < -0.39 is 5.60 Å². The van der Waals surface area contributed by atoms with Crippen LogP contribution in [0.2, 0.25) is 0 Å². The Morgan fingerprint density at radius 3 is 2.62 bits per heavy atom. The van der Waals surface area contributed by atoms with Crippen LogP contribution in [0.5, 0.6) is 5.75 Å². The molecule has 9 heteroatoms. The smallest absolute Gasteiger partial charge is 0.227 e. The second-order valence-electron chi connectivity index (χ2n) is 8.86. The van der Waals surface area contributed by atoms with Crippen molar-refractivity contribution >= 4 is 28.6 Å². The second kappa shape index (κ2) is 9.56. The van der Waals surface area contributed by atoms with E-state index in [9.17, 15) is 5.11 Å². The highest BCUT2D eigenvalue weighted by Crippen LogP contribution is 2.25. The number of imidazole rings is 1.